The molecule has 5 N–H and O–H groups in total. The van der Waals surface area contributed by atoms with Gasteiger partial charge in [0, 0.05) is 55.7 Å². The smallest absolute Gasteiger partial charge is 0.524 e. The second-order valence-electron chi connectivity index (χ2n) is 24.4. The fourth-order valence-electron chi connectivity index (χ4n) is 15.0. The SMILES string of the molecule is C[C@]12C=CC(=O)C=C1CCC1C2[C@@H](O)C[C@@]2(C)C1C1O[C@@H](C3CCCCC3)O[C@@H]1[C@@H]2C(=O)COC(=O)CN1CC[N+](C)(Cc2cc(C(O)CNCCCCCCOCCCCc3ccccc3)ccc2OP(=O)(O)O)CC1.[Cl-]. The van der Waals surface area contributed by atoms with E-state index in [0.29, 0.717) is 61.3 Å². The van der Waals surface area contributed by atoms with Crippen LogP contribution in [0.2, 0.25) is 0 Å². The summed E-state index contributed by atoms with van der Waals surface area (Å²) in [5.74, 6) is -1.24. The number of nitrogens with one attached hydrogen (secondary N) is 1. The van der Waals surface area contributed by atoms with Crippen molar-refractivity contribution in [3.05, 3.63) is 89.0 Å². The first kappa shape index (κ1) is 60.7. The Kier molecular flexibility index (Phi) is 20.8. The summed E-state index contributed by atoms with van der Waals surface area (Å²) in [6.07, 6.45) is 17.3. The molecule has 2 aromatic rings. The van der Waals surface area contributed by atoms with E-state index in [2.05, 4.69) is 50.5 Å². The van der Waals surface area contributed by atoms with Crippen molar-refractivity contribution in [2.45, 2.75) is 147 Å². The lowest BCUT2D eigenvalue weighted by molar-refractivity contribution is -0.926. The molecule has 0 bridgehead atoms. The van der Waals surface area contributed by atoms with Gasteiger partial charge in [0.2, 0.25) is 0 Å². The first-order valence-electron chi connectivity index (χ1n) is 29.0. The molecule has 18 heteroatoms. The van der Waals surface area contributed by atoms with Crippen LogP contribution < -0.4 is 22.2 Å². The molecule has 5 aliphatic carbocycles. The molecule has 9 rings (SSSR count). The Morgan fingerprint density at radius 3 is 2.38 bits per heavy atom. The molecular weight excluding hydrogens is 1040 g/mol. The molecule has 2 aliphatic heterocycles. The highest BCUT2D eigenvalue weighted by Gasteiger charge is 2.71. The van der Waals surface area contributed by atoms with Crippen LogP contribution in [0, 0.1) is 40.4 Å². The fraction of sp³-hybridized carbons (Fsp3) is 0.683. The number of ether oxygens (including phenoxy) is 4. The van der Waals surface area contributed by atoms with Gasteiger partial charge in [0.05, 0.1) is 57.0 Å². The number of Topliss-reactive ketones (excluding diaryl/α,β-unsaturated/α-hetero) is 1. The van der Waals surface area contributed by atoms with Gasteiger partial charge in [0.15, 0.2) is 17.9 Å². The Labute approximate surface area is 468 Å². The largest absolute Gasteiger partial charge is 1.00 e. The quantitative estimate of drug-likeness (QED) is 0.0400. The van der Waals surface area contributed by atoms with E-state index in [4.69, 9.17) is 23.5 Å². The van der Waals surface area contributed by atoms with Crippen LogP contribution in [0.4, 0.5) is 0 Å². The number of phosphoric acid groups is 1. The Hall–Kier alpha value is -3.35. The van der Waals surface area contributed by atoms with Crippen molar-refractivity contribution in [2.24, 2.45) is 40.4 Å². The highest BCUT2D eigenvalue weighted by molar-refractivity contribution is 7.46. The van der Waals surface area contributed by atoms with Crippen LogP contribution in [0.25, 0.3) is 0 Å². The summed E-state index contributed by atoms with van der Waals surface area (Å²) in [5.41, 5.74) is 2.46. The maximum atomic E-state index is 14.7. The number of likely N-dealkylation sites (N-methyl/N-ethyl adjacent to an activating group) is 1. The van der Waals surface area contributed by atoms with E-state index in [1.54, 1.807) is 24.3 Å². The van der Waals surface area contributed by atoms with E-state index in [0.717, 1.165) is 109 Å². The normalized spacial score (nSPS) is 31.0. The first-order chi connectivity index (χ1) is 36.9. The minimum Gasteiger partial charge on any atom is -1.00 e. The third-order valence-corrected chi connectivity index (χ3v) is 19.4. The number of phosphoric ester groups is 1. The molecule has 6 fully saturated rings. The standard InChI is InChI=1S/C60H86N3O13P.ClH/c1-59-26-25-46(64)35-45(59)22-23-47-53(59)48(65)36-60(2)54(47)56-57(75-58(74-56)42-19-10-7-11-20-42)55(60)50(67)40-73-52(68)38-62-28-30-63(3,31-29-62)39-44-34-43(21-24-51(44)76-77(69,70)71)49(66)37-61-27-13-4-5-14-32-72-33-15-12-18-41-16-8-6-9-17-41;/h6,8-9,16-17,21,24-26,34-35,42,47-49,53-58,61,65-66H,4-5,7,10-15,18-20,22-23,27-33,36-40H2,1-3H3,(H-,69,70,71);1H/t47?,48-,49?,53?,54?,55-,56?,57+,58+,59-,60-;/m0./s1. The minimum atomic E-state index is -4.88. The van der Waals surface area contributed by atoms with Crippen LogP contribution in [0.1, 0.15) is 127 Å². The van der Waals surface area contributed by atoms with Crippen molar-refractivity contribution in [1.29, 1.82) is 0 Å². The lowest BCUT2D eigenvalue weighted by atomic mass is 9.46. The molecule has 78 heavy (non-hydrogen) atoms. The van der Waals surface area contributed by atoms with Gasteiger partial charge >= 0.3 is 13.8 Å². The van der Waals surface area contributed by atoms with E-state index in [9.17, 15) is 38.9 Å². The summed E-state index contributed by atoms with van der Waals surface area (Å²) in [7, 11) is -2.83. The number of unbranched alkanes of at least 4 members (excludes halogenated alkanes) is 4. The number of allylic oxidation sites excluding steroid dienone is 4. The van der Waals surface area contributed by atoms with E-state index < -0.39 is 61.7 Å². The van der Waals surface area contributed by atoms with Gasteiger partial charge in [-0.2, -0.15) is 0 Å². The average Bonchev–Trinajstić information content (AvgIpc) is 4.14. The number of benzene rings is 2. The number of piperazine rings is 1. The molecule has 0 amide bonds. The van der Waals surface area contributed by atoms with E-state index in [1.165, 1.54) is 18.1 Å². The third-order valence-electron chi connectivity index (χ3n) is 18.9. The summed E-state index contributed by atoms with van der Waals surface area (Å²) in [6, 6.07) is 15.4. The summed E-state index contributed by atoms with van der Waals surface area (Å²) < 4.78 is 43.2. The number of ketones is 2. The number of aliphatic hydroxyl groups excluding tert-OH is 2. The molecule has 16 nitrogen and oxygen atoms in total. The molecule has 2 aromatic carbocycles. The maximum absolute atomic E-state index is 14.7. The summed E-state index contributed by atoms with van der Waals surface area (Å²) >= 11 is 0. The van der Waals surface area contributed by atoms with Crippen LogP contribution in [-0.2, 0) is 50.9 Å². The van der Waals surface area contributed by atoms with Gasteiger partial charge in [0.25, 0.3) is 0 Å². The predicted molar refractivity (Wildman–Crippen MR) is 290 cm³/mol. The van der Waals surface area contributed by atoms with Crippen LogP contribution in [0.3, 0.4) is 0 Å². The predicted octanol–water partition coefficient (Wildman–Crippen LogP) is 4.56. The first-order valence-corrected chi connectivity index (χ1v) is 30.5. The van der Waals surface area contributed by atoms with Crippen molar-refractivity contribution >= 4 is 25.4 Å². The van der Waals surface area contributed by atoms with Crippen molar-refractivity contribution in [3.63, 3.8) is 0 Å². The molecule has 7 aliphatic rings. The molecule has 432 valence electrons. The average molecular weight is 1120 g/mol. The molecule has 0 spiro atoms. The topological polar surface area (TPSA) is 211 Å². The summed E-state index contributed by atoms with van der Waals surface area (Å²) in [6.45, 7) is 9.10. The molecule has 5 unspecified atom stereocenters. The van der Waals surface area contributed by atoms with Gasteiger partial charge in [-0.3, -0.25) is 29.1 Å². The number of nitrogens with zero attached hydrogens (tertiary/aromatic N) is 2. The van der Waals surface area contributed by atoms with Gasteiger partial charge in [-0.25, -0.2) is 4.57 Å². The highest BCUT2D eigenvalue weighted by atomic mass is 35.5. The van der Waals surface area contributed by atoms with Gasteiger partial charge in [-0.15, -0.1) is 0 Å². The molecule has 0 radical (unpaired) electrons. The Morgan fingerprint density at radius 2 is 1.64 bits per heavy atom. The number of carbonyl (C=O) groups excluding carboxylic acids is 3. The van der Waals surface area contributed by atoms with Crippen LogP contribution in [-0.4, -0.2) is 144 Å². The molecule has 2 heterocycles. The van der Waals surface area contributed by atoms with Crippen molar-refractivity contribution in [3.8, 4) is 5.75 Å². The zero-order valence-corrected chi connectivity index (χ0v) is 47.8. The van der Waals surface area contributed by atoms with Gasteiger partial charge in [-0.1, -0.05) is 94.0 Å². The number of aryl methyl sites for hydroxylation is 1. The zero-order valence-electron chi connectivity index (χ0n) is 46.2. The third kappa shape index (κ3) is 14.5. The molecule has 2 saturated heterocycles. The lowest BCUT2D eigenvalue weighted by Crippen LogP contribution is -3.00. The Bertz CT molecular complexity index is 2460. The number of fused-ring (bicyclic) bond motifs is 7. The number of esters is 1. The van der Waals surface area contributed by atoms with Gasteiger partial charge in [-0.05, 0) is 123 Å². The summed E-state index contributed by atoms with van der Waals surface area (Å²) in [4.78, 5) is 62.4. The monoisotopic (exact) mass is 1120 g/mol. The number of halogens is 1. The lowest BCUT2D eigenvalue weighted by Gasteiger charge is -2.59. The fourth-order valence-corrected chi connectivity index (χ4v) is 15.4. The zero-order chi connectivity index (χ0) is 54.4. The molecule has 4 saturated carbocycles. The maximum Gasteiger partial charge on any atom is 0.524 e. The Morgan fingerprint density at radius 1 is 0.923 bits per heavy atom. The van der Waals surface area contributed by atoms with Crippen LogP contribution in [0.15, 0.2) is 72.3 Å². The molecule has 11 atom stereocenters. The van der Waals surface area contributed by atoms with Gasteiger partial charge < -0.3 is 55.9 Å². The van der Waals surface area contributed by atoms with E-state index in [1.807, 2.05) is 17.0 Å². The number of hydrogen-bond acceptors (Lipinski definition) is 13. The second-order valence-corrected chi connectivity index (χ2v) is 25.6. The number of aliphatic hydroxyl groups is 2. The minimum absolute atomic E-state index is 0. The Balaban J connectivity index is 0.00000803. The van der Waals surface area contributed by atoms with E-state index >= 15 is 0 Å². The molecule has 0 aromatic heterocycles. The number of quaternary nitrogens is 1. The highest BCUT2D eigenvalue weighted by Crippen LogP contribution is 2.68. The number of hydrogen-bond donors (Lipinski definition) is 5. The van der Waals surface area contributed by atoms with E-state index in [-0.39, 0.29) is 66.0 Å². The van der Waals surface area contributed by atoms with Gasteiger partial charge in [0.1, 0.15) is 18.9 Å². The van der Waals surface area contributed by atoms with Crippen molar-refractivity contribution in [1.82, 2.24) is 10.2 Å². The van der Waals surface area contributed by atoms with Crippen LogP contribution >= 0.6 is 7.82 Å². The molecular formula is C60H87ClN3O13P. The van der Waals surface area contributed by atoms with Crippen LogP contribution in [0.5, 0.6) is 5.75 Å². The second kappa shape index (κ2) is 26.7. The van der Waals surface area contributed by atoms with Crippen molar-refractivity contribution in [2.75, 3.05) is 72.7 Å². The summed E-state index contributed by atoms with van der Waals surface area (Å²) in [5, 5.41) is 26.7. The van der Waals surface area contributed by atoms with Crippen molar-refractivity contribution < 1.29 is 79.3 Å². The number of carbonyl (C=O) groups is 3. The number of rotatable bonds is 25.